The summed E-state index contributed by atoms with van der Waals surface area (Å²) in [6.45, 7) is 9.99. The number of urea groups is 1. The summed E-state index contributed by atoms with van der Waals surface area (Å²) < 4.78 is 48.6. The van der Waals surface area contributed by atoms with Crippen molar-refractivity contribution in [2.24, 2.45) is 5.92 Å². The van der Waals surface area contributed by atoms with Gasteiger partial charge in [-0.25, -0.2) is 27.2 Å². The number of alkyl carbamates (subject to hydrolysis) is 1. The number of benzene rings is 1. The molecule has 0 aromatic heterocycles. The molecule has 0 radical (unpaired) electrons. The Kier molecular flexibility index (Phi) is 11.1. The number of nitrogens with one attached hydrogen (secondary N) is 3. The first-order valence-electron chi connectivity index (χ1n) is 17.6. The lowest BCUT2D eigenvalue weighted by atomic mass is 9.90. The van der Waals surface area contributed by atoms with E-state index in [1.807, 2.05) is 0 Å². The fraction of sp³-hybridized carbons (Fsp3) is 0.556. The van der Waals surface area contributed by atoms with E-state index in [2.05, 4.69) is 21.9 Å². The molecule has 0 spiro atoms. The lowest BCUT2D eigenvalue weighted by Crippen LogP contribution is -2.55. The first-order chi connectivity index (χ1) is 24.8. The number of halogens is 1. The zero-order chi connectivity index (χ0) is 39.0. The standard InChI is InChI=1S/C36H46FN5O10S/c1-6-8-22(43)9-14-27(38-33(47)52-35(3,4)5)30(44)29-25-13-12-24(28(37)26(25)19-42(29)34(48)49)20-15-16-41(18-20)32(46)39-36(17-21(36)7-2)31(45)40-53(50,51)23-10-11-23/h6-8,12-13,20-21,23,27,29H,2,9-11,14-19H2,1,3-5H3,(H,38,47)(H,39,46)(H,40,45)(H,48,49)/b8-6+/t20?,21?,27-,29?,36?/m0/s1. The number of carboxylic acid groups (broad SMARTS) is 1. The maximum Gasteiger partial charge on any atom is 0.408 e. The summed E-state index contributed by atoms with van der Waals surface area (Å²) in [6.07, 6.45) is 3.01. The quantitative estimate of drug-likeness (QED) is 0.169. The number of rotatable bonds is 13. The molecule has 2 heterocycles. The van der Waals surface area contributed by atoms with Crippen molar-refractivity contribution in [3.05, 3.63) is 59.4 Å². The van der Waals surface area contributed by atoms with E-state index in [9.17, 15) is 42.3 Å². The number of likely N-dealkylation sites (tertiary alicyclic amines) is 1. The largest absolute Gasteiger partial charge is 0.465 e. The summed E-state index contributed by atoms with van der Waals surface area (Å²) in [5, 5.41) is 14.6. The molecule has 4 unspecified atom stereocenters. The highest BCUT2D eigenvalue weighted by Gasteiger charge is 2.61. The van der Waals surface area contributed by atoms with Gasteiger partial charge < -0.3 is 25.4 Å². The molecular formula is C36H46FN5O10S. The minimum absolute atomic E-state index is 0.0218. The highest BCUT2D eigenvalue weighted by Crippen LogP contribution is 2.46. The molecule has 17 heteroatoms. The molecule has 2 aliphatic carbocycles. The molecule has 1 aromatic rings. The molecule has 2 saturated carbocycles. The van der Waals surface area contributed by atoms with Gasteiger partial charge in [0, 0.05) is 36.9 Å². The van der Waals surface area contributed by atoms with Gasteiger partial charge in [0.05, 0.1) is 17.8 Å². The molecule has 1 saturated heterocycles. The molecule has 0 bridgehead atoms. The minimum atomic E-state index is -3.86. The van der Waals surface area contributed by atoms with E-state index in [1.54, 1.807) is 27.7 Å². The Bertz CT molecular complexity index is 1860. The molecule has 3 fully saturated rings. The second kappa shape index (κ2) is 14.9. The van der Waals surface area contributed by atoms with Crippen LogP contribution in [0, 0.1) is 11.7 Å². The van der Waals surface area contributed by atoms with Gasteiger partial charge in [0.2, 0.25) is 10.0 Å². The second-order valence-electron chi connectivity index (χ2n) is 15.0. The molecule has 5 rings (SSSR count). The fourth-order valence-electron chi connectivity index (χ4n) is 6.97. The van der Waals surface area contributed by atoms with E-state index < -0.39 is 92.6 Å². The second-order valence-corrected chi connectivity index (χ2v) is 17.0. The number of Topliss-reactive ketones (excluding diaryl/α,β-unsaturated/α-hetero) is 1. The average molecular weight is 760 g/mol. The van der Waals surface area contributed by atoms with Crippen LogP contribution in [-0.2, 0) is 35.7 Å². The van der Waals surface area contributed by atoms with Crippen LogP contribution in [0.5, 0.6) is 0 Å². The van der Waals surface area contributed by atoms with Crippen LogP contribution in [0.3, 0.4) is 0 Å². The number of carbonyl (C=O) groups excluding carboxylic acids is 5. The van der Waals surface area contributed by atoms with Crippen LogP contribution >= 0.6 is 0 Å². The highest BCUT2D eigenvalue weighted by atomic mass is 32.2. The van der Waals surface area contributed by atoms with Gasteiger partial charge in [0.15, 0.2) is 11.6 Å². The van der Waals surface area contributed by atoms with Gasteiger partial charge in [-0.15, -0.1) is 6.58 Å². The summed E-state index contributed by atoms with van der Waals surface area (Å²) in [6, 6.07) is -0.541. The maximum absolute atomic E-state index is 16.4. The summed E-state index contributed by atoms with van der Waals surface area (Å²) in [7, 11) is -3.86. The van der Waals surface area contributed by atoms with Crippen LogP contribution in [-0.4, -0.2) is 94.5 Å². The summed E-state index contributed by atoms with van der Waals surface area (Å²) in [4.78, 5) is 80.1. The predicted molar refractivity (Wildman–Crippen MR) is 189 cm³/mol. The Morgan fingerprint density at radius 2 is 1.81 bits per heavy atom. The van der Waals surface area contributed by atoms with E-state index in [0.717, 1.165) is 4.90 Å². The lowest BCUT2D eigenvalue weighted by Gasteiger charge is -2.27. The van der Waals surface area contributed by atoms with E-state index in [0.29, 0.717) is 19.3 Å². The van der Waals surface area contributed by atoms with Gasteiger partial charge >= 0.3 is 18.2 Å². The van der Waals surface area contributed by atoms with Crippen molar-refractivity contribution >= 4 is 45.7 Å². The molecule has 2 aliphatic heterocycles. The third kappa shape index (κ3) is 8.55. The van der Waals surface area contributed by atoms with Crippen molar-refractivity contribution < 1.29 is 51.4 Å². The minimum Gasteiger partial charge on any atom is -0.465 e. The highest BCUT2D eigenvalue weighted by molar-refractivity contribution is 7.91. The lowest BCUT2D eigenvalue weighted by molar-refractivity contribution is -0.126. The molecule has 53 heavy (non-hydrogen) atoms. The molecular weight excluding hydrogens is 713 g/mol. The van der Waals surface area contributed by atoms with Gasteiger partial charge in [0.1, 0.15) is 23.0 Å². The Hall–Kier alpha value is -4.80. The Morgan fingerprint density at radius 3 is 2.40 bits per heavy atom. The Labute approximate surface area is 307 Å². The van der Waals surface area contributed by atoms with Crippen molar-refractivity contribution in [2.75, 3.05) is 13.1 Å². The number of fused-ring (bicyclic) bond motifs is 1. The number of amides is 5. The van der Waals surface area contributed by atoms with Crippen molar-refractivity contribution in [3.8, 4) is 0 Å². The summed E-state index contributed by atoms with van der Waals surface area (Å²) >= 11 is 0. The number of allylic oxidation sites excluding steroid dienone is 2. The molecule has 1 aromatic carbocycles. The maximum atomic E-state index is 16.4. The molecule has 5 atom stereocenters. The molecule has 5 amide bonds. The molecule has 4 N–H and O–H groups in total. The number of sulfonamides is 1. The molecule has 15 nitrogen and oxygen atoms in total. The number of ketones is 2. The van der Waals surface area contributed by atoms with E-state index >= 15 is 4.39 Å². The zero-order valence-corrected chi connectivity index (χ0v) is 31.0. The number of nitrogens with zero attached hydrogens (tertiary/aromatic N) is 2. The van der Waals surface area contributed by atoms with Crippen molar-refractivity contribution in [3.63, 3.8) is 0 Å². The van der Waals surface area contributed by atoms with E-state index in [1.165, 1.54) is 35.3 Å². The van der Waals surface area contributed by atoms with Crippen LogP contribution in [0.25, 0.3) is 0 Å². The number of hydrogen-bond acceptors (Lipinski definition) is 9. The van der Waals surface area contributed by atoms with Crippen LogP contribution in [0.1, 0.15) is 94.9 Å². The summed E-state index contributed by atoms with van der Waals surface area (Å²) in [5.74, 6) is -3.64. The third-order valence-electron chi connectivity index (χ3n) is 9.97. The normalized spacial score (nSPS) is 24.3. The first kappa shape index (κ1) is 39.4. The molecule has 288 valence electrons. The SMILES string of the molecule is C=CC1CC1(NC(=O)N1CCC(c2ccc3c(c2F)CN(C(=O)O)C3C(=O)[C@H](CCC(=O)/C=C/C)NC(=O)OC(C)(C)C)C1)C(=O)NS(=O)(=O)C1CC1. The van der Waals surface area contributed by atoms with E-state index in [-0.39, 0.29) is 54.8 Å². The van der Waals surface area contributed by atoms with Crippen LogP contribution in [0.2, 0.25) is 0 Å². The van der Waals surface area contributed by atoms with Gasteiger partial charge in [-0.1, -0.05) is 24.3 Å². The third-order valence-corrected chi connectivity index (χ3v) is 11.8. The Balaban J connectivity index is 1.33. The number of hydrogen-bond donors (Lipinski definition) is 4. The number of ether oxygens (including phenoxy) is 1. The average Bonchev–Trinajstić information content (AvgIpc) is 3.95. The van der Waals surface area contributed by atoms with Gasteiger partial charge in [-0.3, -0.25) is 24.0 Å². The summed E-state index contributed by atoms with van der Waals surface area (Å²) in [5.41, 5.74) is -2.11. The van der Waals surface area contributed by atoms with Crippen molar-refractivity contribution in [2.45, 2.75) is 107 Å². The fourth-order valence-corrected chi connectivity index (χ4v) is 8.33. The van der Waals surface area contributed by atoms with Crippen molar-refractivity contribution in [1.29, 1.82) is 0 Å². The monoisotopic (exact) mass is 759 g/mol. The first-order valence-corrected chi connectivity index (χ1v) is 19.1. The number of carbonyl (C=O) groups is 6. The molecule has 4 aliphatic rings. The Morgan fingerprint density at radius 1 is 1.13 bits per heavy atom. The van der Waals surface area contributed by atoms with Crippen LogP contribution in [0.15, 0.2) is 36.9 Å². The van der Waals surface area contributed by atoms with Crippen LogP contribution in [0.4, 0.5) is 18.8 Å². The van der Waals surface area contributed by atoms with Crippen LogP contribution < -0.4 is 15.4 Å². The van der Waals surface area contributed by atoms with Crippen molar-refractivity contribution in [1.82, 2.24) is 25.2 Å². The smallest absolute Gasteiger partial charge is 0.408 e. The predicted octanol–water partition coefficient (Wildman–Crippen LogP) is 3.80. The van der Waals surface area contributed by atoms with Gasteiger partial charge in [-0.05, 0) is 77.0 Å². The topological polar surface area (TPSA) is 209 Å². The zero-order valence-electron chi connectivity index (χ0n) is 30.1. The van der Waals surface area contributed by atoms with E-state index in [4.69, 9.17) is 4.74 Å². The van der Waals surface area contributed by atoms with Gasteiger partial charge in [0.25, 0.3) is 5.91 Å². The van der Waals surface area contributed by atoms with Gasteiger partial charge in [-0.2, -0.15) is 0 Å².